The molecule has 5 heteroatoms. The Bertz CT molecular complexity index is 556. The van der Waals surface area contributed by atoms with E-state index in [0.29, 0.717) is 19.0 Å². The Labute approximate surface area is 131 Å². The van der Waals surface area contributed by atoms with E-state index < -0.39 is 0 Å². The van der Waals surface area contributed by atoms with E-state index in [-0.39, 0.29) is 6.03 Å². The fraction of sp³-hybridized carbons (Fsp3) is 0.267. The summed E-state index contributed by atoms with van der Waals surface area (Å²) in [6.45, 7) is 3.29. The first kappa shape index (κ1) is 15.1. The molecule has 2 amide bonds. The number of hydrogen-bond donors (Lipinski definition) is 2. The van der Waals surface area contributed by atoms with Crippen molar-refractivity contribution in [2.24, 2.45) is 0 Å². The molecule has 20 heavy (non-hydrogen) atoms. The third-order valence-electron chi connectivity index (χ3n) is 2.98. The molecule has 0 aliphatic rings. The lowest BCUT2D eigenvalue weighted by Gasteiger charge is -2.13. The zero-order valence-corrected chi connectivity index (χ0v) is 13.6. The number of urea groups is 1. The quantitative estimate of drug-likeness (QED) is 0.834. The van der Waals surface area contributed by atoms with E-state index in [4.69, 9.17) is 0 Å². The van der Waals surface area contributed by atoms with E-state index >= 15 is 0 Å². The second-order valence-electron chi connectivity index (χ2n) is 4.61. The highest BCUT2D eigenvalue weighted by molar-refractivity contribution is 9.10. The molecule has 2 rings (SSSR count). The minimum atomic E-state index is -0.127. The summed E-state index contributed by atoms with van der Waals surface area (Å²) >= 11 is 5.02. The summed E-state index contributed by atoms with van der Waals surface area (Å²) in [6.07, 6.45) is 0. The Balaban J connectivity index is 1.72. The Hall–Kier alpha value is -1.33. The van der Waals surface area contributed by atoms with Crippen LogP contribution in [0.4, 0.5) is 4.79 Å². The van der Waals surface area contributed by atoms with Gasteiger partial charge >= 0.3 is 6.03 Å². The monoisotopic (exact) mass is 352 g/mol. The van der Waals surface area contributed by atoms with Gasteiger partial charge in [-0.1, -0.05) is 37.3 Å². The number of hydrogen-bond acceptors (Lipinski definition) is 2. The fourth-order valence-corrected chi connectivity index (χ4v) is 3.21. The lowest BCUT2D eigenvalue weighted by molar-refractivity contribution is 0.240. The summed E-state index contributed by atoms with van der Waals surface area (Å²) in [5, 5.41) is 7.77. The van der Waals surface area contributed by atoms with E-state index in [9.17, 15) is 4.79 Å². The number of nitrogens with one attached hydrogen (secondary N) is 2. The van der Waals surface area contributed by atoms with Crippen molar-refractivity contribution in [2.75, 3.05) is 6.54 Å². The molecule has 1 aromatic carbocycles. The molecule has 0 radical (unpaired) electrons. The van der Waals surface area contributed by atoms with Gasteiger partial charge in [-0.05, 0) is 33.5 Å². The SMILES string of the molecule is CC(CNC(=O)NCc1cc(Br)cs1)c1ccccc1. The molecule has 1 aromatic heterocycles. The molecule has 0 saturated heterocycles. The number of benzene rings is 1. The van der Waals surface area contributed by atoms with Gasteiger partial charge in [0.1, 0.15) is 0 Å². The smallest absolute Gasteiger partial charge is 0.315 e. The van der Waals surface area contributed by atoms with Gasteiger partial charge in [-0.2, -0.15) is 0 Å². The maximum Gasteiger partial charge on any atom is 0.315 e. The van der Waals surface area contributed by atoms with E-state index in [1.807, 2.05) is 29.6 Å². The van der Waals surface area contributed by atoms with Gasteiger partial charge in [-0.15, -0.1) is 11.3 Å². The lowest BCUT2D eigenvalue weighted by Crippen LogP contribution is -2.36. The van der Waals surface area contributed by atoms with Crippen LogP contribution in [0.25, 0.3) is 0 Å². The zero-order valence-electron chi connectivity index (χ0n) is 11.2. The summed E-state index contributed by atoms with van der Waals surface area (Å²) in [5.41, 5.74) is 1.23. The first-order valence-electron chi connectivity index (χ1n) is 6.44. The molecule has 1 unspecified atom stereocenters. The predicted octanol–water partition coefficient (Wildman–Crippen LogP) is 4.11. The summed E-state index contributed by atoms with van der Waals surface area (Å²) in [5.74, 6) is 0.304. The molecule has 2 aromatic rings. The van der Waals surface area contributed by atoms with Crippen molar-refractivity contribution < 1.29 is 4.79 Å². The van der Waals surface area contributed by atoms with Gasteiger partial charge in [0.25, 0.3) is 0 Å². The van der Waals surface area contributed by atoms with Crippen LogP contribution in [0.2, 0.25) is 0 Å². The highest BCUT2D eigenvalue weighted by atomic mass is 79.9. The topological polar surface area (TPSA) is 41.1 Å². The van der Waals surface area contributed by atoms with Crippen LogP contribution in [0.5, 0.6) is 0 Å². The molecule has 0 bridgehead atoms. The minimum Gasteiger partial charge on any atom is -0.338 e. The van der Waals surface area contributed by atoms with Gasteiger partial charge < -0.3 is 10.6 Å². The van der Waals surface area contributed by atoms with E-state index in [2.05, 4.69) is 45.6 Å². The average molecular weight is 353 g/mol. The van der Waals surface area contributed by atoms with Crippen LogP contribution in [0.1, 0.15) is 23.3 Å². The Kier molecular flexibility index (Phi) is 5.61. The number of halogens is 1. The standard InChI is InChI=1S/C15H17BrN2OS/c1-11(12-5-3-2-4-6-12)8-17-15(19)18-9-14-7-13(16)10-20-14/h2-7,10-11H,8-9H2,1H3,(H2,17,18,19). The molecule has 1 atom stereocenters. The maximum atomic E-state index is 11.7. The molecule has 0 spiro atoms. The molecule has 2 N–H and O–H groups in total. The Morgan fingerprint density at radius 3 is 2.70 bits per heavy atom. The van der Waals surface area contributed by atoms with Crippen LogP contribution < -0.4 is 10.6 Å². The first-order valence-corrected chi connectivity index (χ1v) is 8.12. The molecule has 0 fully saturated rings. The maximum absolute atomic E-state index is 11.7. The predicted molar refractivity (Wildman–Crippen MR) is 87.1 cm³/mol. The number of thiophene rings is 1. The lowest BCUT2D eigenvalue weighted by atomic mass is 10.0. The van der Waals surface area contributed by atoms with Gasteiger partial charge in [0.05, 0.1) is 6.54 Å². The molecular formula is C15H17BrN2OS. The van der Waals surface area contributed by atoms with E-state index in [0.717, 1.165) is 9.35 Å². The van der Waals surface area contributed by atoms with Gasteiger partial charge in [-0.3, -0.25) is 0 Å². The van der Waals surface area contributed by atoms with E-state index in [1.54, 1.807) is 11.3 Å². The number of carbonyl (C=O) groups excluding carboxylic acids is 1. The molecule has 0 aliphatic carbocycles. The van der Waals surface area contributed by atoms with Crippen LogP contribution in [-0.2, 0) is 6.54 Å². The van der Waals surface area contributed by atoms with Crippen LogP contribution in [0, 0.1) is 0 Å². The summed E-state index contributed by atoms with van der Waals surface area (Å²) in [7, 11) is 0. The second kappa shape index (κ2) is 7.45. The Morgan fingerprint density at radius 2 is 2.05 bits per heavy atom. The summed E-state index contributed by atoms with van der Waals surface area (Å²) < 4.78 is 1.05. The highest BCUT2D eigenvalue weighted by Crippen LogP contribution is 2.19. The highest BCUT2D eigenvalue weighted by Gasteiger charge is 2.07. The molecule has 1 heterocycles. The number of carbonyl (C=O) groups is 1. The van der Waals surface area contributed by atoms with Gasteiger partial charge in [0.2, 0.25) is 0 Å². The van der Waals surface area contributed by atoms with Gasteiger partial charge in [0.15, 0.2) is 0 Å². The van der Waals surface area contributed by atoms with Crippen LogP contribution >= 0.6 is 27.3 Å². The van der Waals surface area contributed by atoms with Crippen molar-refractivity contribution in [3.05, 3.63) is 56.7 Å². The van der Waals surface area contributed by atoms with Crippen molar-refractivity contribution in [1.82, 2.24) is 10.6 Å². The third-order valence-corrected chi connectivity index (χ3v) is 4.68. The zero-order chi connectivity index (χ0) is 14.4. The number of amides is 2. The fourth-order valence-electron chi connectivity index (χ4n) is 1.82. The molecular weight excluding hydrogens is 336 g/mol. The Morgan fingerprint density at radius 1 is 1.30 bits per heavy atom. The van der Waals surface area contributed by atoms with Crippen LogP contribution in [0.3, 0.4) is 0 Å². The van der Waals surface area contributed by atoms with Crippen molar-refractivity contribution in [2.45, 2.75) is 19.4 Å². The summed E-state index contributed by atoms with van der Waals surface area (Å²) in [6, 6.07) is 12.1. The molecule has 0 aliphatic heterocycles. The minimum absolute atomic E-state index is 0.127. The van der Waals surface area contributed by atoms with Gasteiger partial charge in [0, 0.05) is 21.3 Å². The van der Waals surface area contributed by atoms with Crippen molar-refractivity contribution in [3.8, 4) is 0 Å². The largest absolute Gasteiger partial charge is 0.338 e. The van der Waals surface area contributed by atoms with Crippen LogP contribution in [-0.4, -0.2) is 12.6 Å². The van der Waals surface area contributed by atoms with Crippen molar-refractivity contribution >= 4 is 33.3 Å². The third kappa shape index (κ3) is 4.65. The first-order chi connectivity index (χ1) is 9.65. The average Bonchev–Trinajstić information content (AvgIpc) is 2.89. The summed E-state index contributed by atoms with van der Waals surface area (Å²) in [4.78, 5) is 12.9. The molecule has 0 saturated carbocycles. The molecule has 3 nitrogen and oxygen atoms in total. The second-order valence-corrected chi connectivity index (χ2v) is 6.52. The normalized spacial score (nSPS) is 11.9. The van der Waals surface area contributed by atoms with Gasteiger partial charge in [-0.25, -0.2) is 4.79 Å². The van der Waals surface area contributed by atoms with E-state index in [1.165, 1.54) is 5.56 Å². The molecule has 106 valence electrons. The van der Waals surface area contributed by atoms with Crippen LogP contribution in [0.15, 0.2) is 46.3 Å². The van der Waals surface area contributed by atoms with Crippen molar-refractivity contribution in [3.63, 3.8) is 0 Å². The van der Waals surface area contributed by atoms with Crippen molar-refractivity contribution in [1.29, 1.82) is 0 Å². The number of rotatable bonds is 5.